The first-order valence-corrected chi connectivity index (χ1v) is 8.43. The molecule has 3 heterocycles. The Hall–Kier alpha value is -3.09. The summed E-state index contributed by atoms with van der Waals surface area (Å²) >= 11 is 0. The number of aromatic nitrogens is 2. The molecular formula is C20H15F3N2O2. The van der Waals surface area contributed by atoms with Gasteiger partial charge in [-0.1, -0.05) is 18.2 Å². The fourth-order valence-corrected chi connectivity index (χ4v) is 3.00. The van der Waals surface area contributed by atoms with Crippen LogP contribution in [0.3, 0.4) is 0 Å². The third-order valence-electron chi connectivity index (χ3n) is 4.24. The number of nitrogens with zero attached hydrogens (tertiary/aromatic N) is 2. The van der Waals surface area contributed by atoms with Crippen molar-refractivity contribution in [2.45, 2.75) is 19.0 Å². The van der Waals surface area contributed by atoms with Gasteiger partial charge in [0.15, 0.2) is 0 Å². The van der Waals surface area contributed by atoms with E-state index in [2.05, 4.69) is 9.97 Å². The van der Waals surface area contributed by atoms with Crippen LogP contribution in [0.25, 0.3) is 11.1 Å². The molecule has 1 aliphatic rings. The predicted octanol–water partition coefficient (Wildman–Crippen LogP) is 5.28. The maximum absolute atomic E-state index is 12.7. The molecule has 1 aromatic carbocycles. The van der Waals surface area contributed by atoms with Crippen molar-refractivity contribution in [2.75, 3.05) is 6.61 Å². The Labute approximate surface area is 153 Å². The van der Waals surface area contributed by atoms with Crippen LogP contribution in [0, 0.1) is 0 Å². The van der Waals surface area contributed by atoms with Crippen molar-refractivity contribution >= 4 is 0 Å². The number of para-hydroxylation sites is 1. The number of ether oxygens (including phenoxy) is 2. The Morgan fingerprint density at radius 3 is 2.59 bits per heavy atom. The highest BCUT2D eigenvalue weighted by Crippen LogP contribution is 2.40. The fourth-order valence-electron chi connectivity index (χ4n) is 3.00. The molecule has 0 unspecified atom stereocenters. The second-order valence-corrected chi connectivity index (χ2v) is 6.08. The summed E-state index contributed by atoms with van der Waals surface area (Å²) in [5.74, 6) is 1.25. The number of hydrogen-bond donors (Lipinski definition) is 0. The van der Waals surface area contributed by atoms with Gasteiger partial charge < -0.3 is 9.47 Å². The van der Waals surface area contributed by atoms with Gasteiger partial charge >= 0.3 is 6.18 Å². The van der Waals surface area contributed by atoms with Gasteiger partial charge in [-0.15, -0.1) is 0 Å². The van der Waals surface area contributed by atoms with Crippen molar-refractivity contribution < 1.29 is 22.6 Å². The average Bonchev–Trinajstić information content (AvgIpc) is 2.68. The largest absolute Gasteiger partial charge is 0.493 e. The van der Waals surface area contributed by atoms with Gasteiger partial charge in [-0.2, -0.15) is 13.2 Å². The minimum Gasteiger partial charge on any atom is -0.493 e. The summed E-state index contributed by atoms with van der Waals surface area (Å²) in [5.41, 5.74) is 1.69. The van der Waals surface area contributed by atoms with Gasteiger partial charge in [-0.3, -0.25) is 0 Å². The van der Waals surface area contributed by atoms with Crippen molar-refractivity contribution in [3.8, 4) is 28.5 Å². The molecule has 7 heteroatoms. The molecule has 3 aromatic rings. The molecule has 0 aliphatic carbocycles. The summed E-state index contributed by atoms with van der Waals surface area (Å²) in [7, 11) is 0. The van der Waals surface area contributed by atoms with E-state index in [1.54, 1.807) is 12.3 Å². The molecule has 0 amide bonds. The van der Waals surface area contributed by atoms with Crippen molar-refractivity contribution in [3.05, 3.63) is 66.1 Å². The zero-order valence-corrected chi connectivity index (χ0v) is 14.2. The number of fused-ring (bicyclic) bond motifs is 1. The van der Waals surface area contributed by atoms with Gasteiger partial charge in [0, 0.05) is 17.3 Å². The quantitative estimate of drug-likeness (QED) is 0.627. The van der Waals surface area contributed by atoms with Gasteiger partial charge in [-0.25, -0.2) is 9.97 Å². The van der Waals surface area contributed by atoms with E-state index in [-0.39, 0.29) is 11.6 Å². The van der Waals surface area contributed by atoms with E-state index in [1.807, 2.05) is 24.3 Å². The van der Waals surface area contributed by atoms with E-state index in [0.717, 1.165) is 42.0 Å². The molecule has 0 N–H and O–H groups in total. The first kappa shape index (κ1) is 17.3. The molecule has 4 rings (SSSR count). The topological polar surface area (TPSA) is 44.2 Å². The third kappa shape index (κ3) is 3.58. The van der Waals surface area contributed by atoms with Crippen LogP contribution in [-0.4, -0.2) is 16.6 Å². The van der Waals surface area contributed by atoms with Gasteiger partial charge in [0.25, 0.3) is 0 Å². The molecule has 0 fully saturated rings. The maximum atomic E-state index is 12.7. The number of benzene rings is 1. The number of halogens is 3. The first-order chi connectivity index (χ1) is 13.0. The van der Waals surface area contributed by atoms with Crippen molar-refractivity contribution in [2.24, 2.45) is 0 Å². The highest BCUT2D eigenvalue weighted by molar-refractivity contribution is 5.76. The molecule has 0 radical (unpaired) electrons. The number of aryl methyl sites for hydroxylation is 1. The number of pyridine rings is 2. The lowest BCUT2D eigenvalue weighted by atomic mass is 9.98. The monoisotopic (exact) mass is 372 g/mol. The Balaban J connectivity index is 1.69. The summed E-state index contributed by atoms with van der Waals surface area (Å²) in [5, 5.41) is 0. The lowest BCUT2D eigenvalue weighted by Gasteiger charge is -2.21. The Kier molecular flexibility index (Phi) is 4.43. The highest BCUT2D eigenvalue weighted by Gasteiger charge is 2.32. The van der Waals surface area contributed by atoms with Gasteiger partial charge in [-0.05, 0) is 42.7 Å². The van der Waals surface area contributed by atoms with Gasteiger partial charge in [0.1, 0.15) is 17.2 Å². The Morgan fingerprint density at radius 1 is 0.963 bits per heavy atom. The lowest BCUT2D eigenvalue weighted by molar-refractivity contribution is -0.141. The molecule has 0 saturated heterocycles. The maximum Gasteiger partial charge on any atom is 0.433 e. The zero-order valence-electron chi connectivity index (χ0n) is 14.2. The van der Waals surface area contributed by atoms with Crippen LogP contribution in [-0.2, 0) is 12.6 Å². The predicted molar refractivity (Wildman–Crippen MR) is 92.8 cm³/mol. The lowest BCUT2D eigenvalue weighted by Crippen LogP contribution is -2.09. The molecule has 4 nitrogen and oxygen atoms in total. The molecule has 0 bridgehead atoms. The van der Waals surface area contributed by atoms with Crippen molar-refractivity contribution in [3.63, 3.8) is 0 Å². The normalized spacial score (nSPS) is 13.6. The van der Waals surface area contributed by atoms with Crippen molar-refractivity contribution in [1.82, 2.24) is 9.97 Å². The molecule has 0 spiro atoms. The molecule has 2 aromatic heterocycles. The summed E-state index contributed by atoms with van der Waals surface area (Å²) in [6.07, 6.45) is 0.00643. The van der Waals surface area contributed by atoms with E-state index >= 15 is 0 Å². The smallest absolute Gasteiger partial charge is 0.433 e. The van der Waals surface area contributed by atoms with Gasteiger partial charge in [0.05, 0.1) is 12.8 Å². The average molecular weight is 372 g/mol. The summed E-state index contributed by atoms with van der Waals surface area (Å²) in [4.78, 5) is 7.66. The second-order valence-electron chi connectivity index (χ2n) is 6.08. The minimum atomic E-state index is -4.49. The van der Waals surface area contributed by atoms with Gasteiger partial charge in [0.2, 0.25) is 5.88 Å². The molecule has 0 saturated carbocycles. The summed E-state index contributed by atoms with van der Waals surface area (Å²) < 4.78 is 49.6. The zero-order chi connectivity index (χ0) is 18.9. The van der Waals surface area contributed by atoms with E-state index in [4.69, 9.17) is 9.47 Å². The van der Waals surface area contributed by atoms with E-state index in [9.17, 15) is 13.2 Å². The van der Waals surface area contributed by atoms with Crippen LogP contribution in [0.15, 0.2) is 54.9 Å². The molecule has 0 atom stereocenters. The number of hydrogen-bond acceptors (Lipinski definition) is 4. The van der Waals surface area contributed by atoms with Crippen LogP contribution in [0.1, 0.15) is 17.7 Å². The van der Waals surface area contributed by atoms with Crippen LogP contribution in [0.5, 0.6) is 17.4 Å². The standard InChI is InChI=1S/C20H15F3N2O2/c21-20(22,23)17-9-8-14(12-25-17)27-19-16(7-2-10-24-19)15-6-1-4-13-5-3-11-26-18(13)15/h1-2,4,6-10,12H,3,5,11H2. The van der Waals surface area contributed by atoms with Crippen LogP contribution >= 0.6 is 0 Å². The SMILES string of the molecule is FC(F)(F)c1ccc(Oc2ncccc2-c2cccc3c2OCCC3)cn1. The second kappa shape index (κ2) is 6.90. The van der Waals surface area contributed by atoms with Crippen LogP contribution in [0.4, 0.5) is 13.2 Å². The Bertz CT molecular complexity index is 956. The van der Waals surface area contributed by atoms with Crippen LogP contribution in [0.2, 0.25) is 0 Å². The fraction of sp³-hybridized carbons (Fsp3) is 0.200. The highest BCUT2D eigenvalue weighted by atomic mass is 19.4. The Morgan fingerprint density at radius 2 is 1.81 bits per heavy atom. The summed E-state index contributed by atoms with van der Waals surface area (Å²) in [6, 6.07) is 11.6. The van der Waals surface area contributed by atoms with Crippen molar-refractivity contribution in [1.29, 1.82) is 0 Å². The molecular weight excluding hydrogens is 357 g/mol. The first-order valence-electron chi connectivity index (χ1n) is 8.43. The number of rotatable bonds is 3. The molecule has 27 heavy (non-hydrogen) atoms. The summed E-state index contributed by atoms with van der Waals surface area (Å²) in [6.45, 7) is 0.642. The van der Waals surface area contributed by atoms with E-state index < -0.39 is 11.9 Å². The van der Waals surface area contributed by atoms with E-state index in [1.165, 1.54) is 6.07 Å². The minimum absolute atomic E-state index is 0.175. The molecule has 138 valence electrons. The van der Waals surface area contributed by atoms with E-state index in [0.29, 0.717) is 12.2 Å². The number of alkyl halides is 3. The van der Waals surface area contributed by atoms with Crippen LogP contribution < -0.4 is 9.47 Å². The third-order valence-corrected chi connectivity index (χ3v) is 4.24. The molecule has 1 aliphatic heterocycles.